The normalized spacial score (nSPS) is 34.9. The number of likely N-dealkylation sites (tertiary alicyclic amines) is 1. The van der Waals surface area contributed by atoms with Crippen molar-refractivity contribution < 1.29 is 24.5 Å². The predicted octanol–water partition coefficient (Wildman–Crippen LogP) is 5.11. The number of nitrogens with one attached hydrogen (secondary N) is 1. The summed E-state index contributed by atoms with van der Waals surface area (Å²) in [6.07, 6.45) is 3.22. The van der Waals surface area contributed by atoms with Gasteiger partial charge in [0.05, 0.1) is 22.8 Å². The van der Waals surface area contributed by atoms with Crippen molar-refractivity contribution in [3.05, 3.63) is 28.2 Å². The lowest BCUT2D eigenvalue weighted by atomic mass is 9.46. The molecule has 1 aliphatic heterocycles. The minimum Gasteiger partial charge on any atom is -0.445 e. The number of anilines is 1. The van der Waals surface area contributed by atoms with Crippen LogP contribution in [0.4, 0.5) is 10.5 Å². The topological polar surface area (TPSA) is 99.1 Å². The Hall–Kier alpha value is -1.54. The molecule has 7 nitrogen and oxygen atoms in total. The van der Waals surface area contributed by atoms with Crippen molar-refractivity contribution in [2.24, 2.45) is 22.7 Å². The van der Waals surface area contributed by atoms with E-state index in [-0.39, 0.29) is 29.8 Å². The number of fused-ring (bicyclic) bond motifs is 1. The van der Waals surface area contributed by atoms with Crippen molar-refractivity contribution in [1.29, 1.82) is 0 Å². The molecule has 3 aliphatic rings. The lowest BCUT2D eigenvalue weighted by Crippen LogP contribution is -2.61. The molecule has 3 fully saturated rings. The summed E-state index contributed by atoms with van der Waals surface area (Å²) < 4.78 is 5.87. The number of rotatable bonds is 5. The molecule has 1 aromatic carbocycles. The number of amides is 2. The minimum absolute atomic E-state index is 0.00342. The number of ether oxygens (including phenoxy) is 1. The van der Waals surface area contributed by atoms with Gasteiger partial charge in [-0.2, -0.15) is 0 Å². The third-order valence-corrected chi connectivity index (χ3v) is 9.68. The van der Waals surface area contributed by atoms with E-state index in [0.29, 0.717) is 47.8 Å². The number of halogens is 2. The highest BCUT2D eigenvalue weighted by Gasteiger charge is 2.60. The Morgan fingerprint density at radius 2 is 1.86 bits per heavy atom. The summed E-state index contributed by atoms with van der Waals surface area (Å²) in [4.78, 5) is 27.7. The van der Waals surface area contributed by atoms with E-state index in [4.69, 9.17) is 27.9 Å². The summed E-state index contributed by atoms with van der Waals surface area (Å²) in [6, 6.07) is 4.79. The van der Waals surface area contributed by atoms with Gasteiger partial charge in [-0.3, -0.25) is 10.1 Å². The number of nitrogens with zero attached hydrogens (tertiary/aromatic N) is 1. The molecule has 6 atom stereocenters. The van der Waals surface area contributed by atoms with Crippen LogP contribution in [-0.4, -0.2) is 59.0 Å². The van der Waals surface area contributed by atoms with Gasteiger partial charge in [0.2, 0.25) is 5.91 Å². The summed E-state index contributed by atoms with van der Waals surface area (Å²) in [5.74, 6) is -0.0824. The standard InChI is InChI=1S/C26H36Cl2N2O5/c1-25-10-9-22(35-24(34)29-16-5-6-18(27)19(28)13-16)26(2,15-31)21(25)8-7-20(32)17(25)14-23(33)30-11-3-4-12-30/h5-6,13,17,20-22,31-32H,3-4,7-12,14-15H2,1-2H3,(H,29,34). The van der Waals surface area contributed by atoms with E-state index in [1.54, 1.807) is 18.2 Å². The fourth-order valence-corrected chi connectivity index (χ4v) is 7.21. The van der Waals surface area contributed by atoms with E-state index in [1.807, 2.05) is 11.8 Å². The molecule has 0 radical (unpaired) electrons. The largest absolute Gasteiger partial charge is 0.445 e. The zero-order chi connectivity index (χ0) is 25.4. The number of carbonyl (C=O) groups is 2. The molecule has 2 aliphatic carbocycles. The van der Waals surface area contributed by atoms with Gasteiger partial charge in [-0.05, 0) is 74.0 Å². The molecular weight excluding hydrogens is 491 g/mol. The first-order valence-electron chi connectivity index (χ1n) is 12.6. The number of aliphatic hydroxyl groups excluding tert-OH is 2. The summed E-state index contributed by atoms with van der Waals surface area (Å²) in [5.41, 5.74) is -0.571. The molecular formula is C26H36Cl2N2O5. The lowest BCUT2D eigenvalue weighted by molar-refractivity contribution is -0.186. The van der Waals surface area contributed by atoms with Crippen LogP contribution < -0.4 is 5.32 Å². The Morgan fingerprint density at radius 3 is 2.51 bits per heavy atom. The molecule has 1 heterocycles. The maximum atomic E-state index is 13.0. The molecule has 2 amide bonds. The second kappa shape index (κ2) is 10.4. The Bertz CT molecular complexity index is 956. The van der Waals surface area contributed by atoms with Crippen LogP contribution in [0, 0.1) is 22.7 Å². The molecule has 1 saturated heterocycles. The number of aliphatic hydroxyl groups is 2. The van der Waals surface area contributed by atoms with Crippen LogP contribution in [-0.2, 0) is 9.53 Å². The lowest BCUT2D eigenvalue weighted by Gasteiger charge is -2.60. The number of hydrogen-bond acceptors (Lipinski definition) is 5. The molecule has 0 bridgehead atoms. The van der Waals surface area contributed by atoms with Gasteiger partial charge in [-0.25, -0.2) is 4.79 Å². The van der Waals surface area contributed by atoms with Crippen molar-refractivity contribution in [1.82, 2.24) is 4.90 Å². The number of hydrogen-bond donors (Lipinski definition) is 3. The third-order valence-electron chi connectivity index (χ3n) is 8.94. The summed E-state index contributed by atoms with van der Waals surface area (Å²) in [5, 5.41) is 25.0. The molecule has 4 rings (SSSR count). The first kappa shape index (κ1) is 26.5. The molecule has 194 valence electrons. The van der Waals surface area contributed by atoms with Crippen molar-refractivity contribution in [3.8, 4) is 0 Å². The van der Waals surface area contributed by atoms with E-state index in [2.05, 4.69) is 12.2 Å². The van der Waals surface area contributed by atoms with Crippen molar-refractivity contribution in [3.63, 3.8) is 0 Å². The second-order valence-electron chi connectivity index (χ2n) is 11.0. The molecule has 9 heteroatoms. The fourth-order valence-electron chi connectivity index (χ4n) is 6.91. The van der Waals surface area contributed by atoms with Crippen LogP contribution in [0.2, 0.25) is 10.0 Å². The SMILES string of the molecule is CC1(CO)C(OC(=O)Nc2ccc(Cl)c(Cl)c2)CCC2(C)C(CC(=O)N3CCCC3)C(O)CCC12. The zero-order valence-corrected chi connectivity index (χ0v) is 21.9. The van der Waals surface area contributed by atoms with Crippen molar-refractivity contribution >= 4 is 40.9 Å². The number of carbonyl (C=O) groups excluding carboxylic acids is 2. The van der Waals surface area contributed by atoms with Gasteiger partial charge in [0.1, 0.15) is 6.10 Å². The van der Waals surface area contributed by atoms with Crippen LogP contribution >= 0.6 is 23.2 Å². The summed E-state index contributed by atoms with van der Waals surface area (Å²) >= 11 is 12.0. The maximum Gasteiger partial charge on any atom is 0.411 e. The van der Waals surface area contributed by atoms with Gasteiger partial charge in [-0.1, -0.05) is 37.0 Å². The first-order valence-corrected chi connectivity index (χ1v) is 13.3. The number of benzene rings is 1. The molecule has 0 spiro atoms. The van der Waals surface area contributed by atoms with Crippen molar-refractivity contribution in [2.75, 3.05) is 25.0 Å². The van der Waals surface area contributed by atoms with Gasteiger partial charge in [-0.15, -0.1) is 0 Å². The van der Waals surface area contributed by atoms with Crippen LogP contribution in [0.1, 0.15) is 58.8 Å². The third kappa shape index (κ3) is 5.15. The predicted molar refractivity (Wildman–Crippen MR) is 136 cm³/mol. The molecule has 0 aromatic heterocycles. The molecule has 2 saturated carbocycles. The van der Waals surface area contributed by atoms with E-state index in [0.717, 1.165) is 25.9 Å². The Kier molecular flexibility index (Phi) is 7.91. The van der Waals surface area contributed by atoms with Gasteiger partial charge >= 0.3 is 6.09 Å². The van der Waals surface area contributed by atoms with Gasteiger partial charge in [0.25, 0.3) is 0 Å². The maximum absolute atomic E-state index is 13.0. The average molecular weight is 527 g/mol. The summed E-state index contributed by atoms with van der Waals surface area (Å²) in [6.45, 7) is 5.53. The Morgan fingerprint density at radius 1 is 1.14 bits per heavy atom. The molecule has 1 aromatic rings. The van der Waals surface area contributed by atoms with Crippen LogP contribution in [0.5, 0.6) is 0 Å². The van der Waals surface area contributed by atoms with Crippen LogP contribution in [0.15, 0.2) is 18.2 Å². The summed E-state index contributed by atoms with van der Waals surface area (Å²) in [7, 11) is 0. The monoisotopic (exact) mass is 526 g/mol. The zero-order valence-electron chi connectivity index (χ0n) is 20.4. The highest BCUT2D eigenvalue weighted by atomic mass is 35.5. The highest BCUT2D eigenvalue weighted by molar-refractivity contribution is 6.42. The molecule has 35 heavy (non-hydrogen) atoms. The van der Waals surface area contributed by atoms with E-state index >= 15 is 0 Å². The average Bonchev–Trinajstić information content (AvgIpc) is 3.36. The van der Waals surface area contributed by atoms with E-state index in [9.17, 15) is 19.8 Å². The Balaban J connectivity index is 1.49. The fraction of sp³-hybridized carbons (Fsp3) is 0.692. The second-order valence-corrected chi connectivity index (χ2v) is 11.8. The quantitative estimate of drug-likeness (QED) is 0.495. The molecule has 3 N–H and O–H groups in total. The highest BCUT2D eigenvalue weighted by Crippen LogP contribution is 2.61. The Labute approximate surface area is 217 Å². The minimum atomic E-state index is -0.697. The van der Waals surface area contributed by atoms with Gasteiger partial charge in [0.15, 0.2) is 0 Å². The van der Waals surface area contributed by atoms with Crippen molar-refractivity contribution in [2.45, 2.75) is 71.0 Å². The smallest absolute Gasteiger partial charge is 0.411 e. The van der Waals surface area contributed by atoms with E-state index in [1.165, 1.54) is 0 Å². The van der Waals surface area contributed by atoms with Crippen LogP contribution in [0.25, 0.3) is 0 Å². The first-order chi connectivity index (χ1) is 16.6. The van der Waals surface area contributed by atoms with Crippen LogP contribution in [0.3, 0.4) is 0 Å². The van der Waals surface area contributed by atoms with Gasteiger partial charge < -0.3 is 19.8 Å². The van der Waals surface area contributed by atoms with E-state index < -0.39 is 23.7 Å². The van der Waals surface area contributed by atoms with Gasteiger partial charge in [0, 0.05) is 30.6 Å². The molecule has 6 unspecified atom stereocenters.